The van der Waals surface area contributed by atoms with E-state index in [1.165, 1.54) is 11.3 Å². The smallest absolute Gasteiger partial charge is 0.0659 e. The van der Waals surface area contributed by atoms with Gasteiger partial charge in [0, 0.05) is 18.7 Å². The number of hydrogen-bond acceptors (Lipinski definition) is 2. The average molecular weight is 175 g/mol. The van der Waals surface area contributed by atoms with Crippen molar-refractivity contribution in [2.45, 2.75) is 32.7 Å². The normalized spacial score (nSPS) is 20.8. The summed E-state index contributed by atoms with van der Waals surface area (Å²) in [5.74, 6) is 0.203. The maximum Gasteiger partial charge on any atom is 0.0659 e. The largest absolute Gasteiger partial charge is 0.270 e. The van der Waals surface area contributed by atoms with E-state index in [0.717, 1.165) is 25.8 Å². The lowest BCUT2D eigenvalue weighted by atomic mass is 9.89. The summed E-state index contributed by atoms with van der Waals surface area (Å²) in [5.41, 5.74) is 2.62. The summed E-state index contributed by atoms with van der Waals surface area (Å²) in [6.07, 6.45) is 4.86. The van der Waals surface area contributed by atoms with Gasteiger partial charge < -0.3 is 0 Å². The van der Waals surface area contributed by atoms with Gasteiger partial charge in [-0.25, -0.2) is 0 Å². The van der Waals surface area contributed by atoms with Gasteiger partial charge in [-0.2, -0.15) is 10.4 Å². The fourth-order valence-corrected chi connectivity index (χ4v) is 1.94. The van der Waals surface area contributed by atoms with Gasteiger partial charge in [0.05, 0.1) is 18.2 Å². The molecule has 1 aliphatic carbocycles. The molecule has 3 heteroatoms. The molecule has 3 nitrogen and oxygen atoms in total. The molecule has 0 amide bonds. The first-order valence-corrected chi connectivity index (χ1v) is 4.78. The van der Waals surface area contributed by atoms with Crippen LogP contribution in [0.4, 0.5) is 0 Å². The Kier molecular flexibility index (Phi) is 2.05. The van der Waals surface area contributed by atoms with Crippen LogP contribution in [0.2, 0.25) is 0 Å². The summed E-state index contributed by atoms with van der Waals surface area (Å²) >= 11 is 0. The fourth-order valence-electron chi connectivity index (χ4n) is 1.94. The van der Waals surface area contributed by atoms with Gasteiger partial charge in [-0.15, -0.1) is 0 Å². The molecular weight excluding hydrogens is 162 g/mol. The van der Waals surface area contributed by atoms with Crippen molar-refractivity contribution in [2.75, 3.05) is 0 Å². The van der Waals surface area contributed by atoms with E-state index in [-0.39, 0.29) is 5.92 Å². The van der Waals surface area contributed by atoms with E-state index in [1.54, 1.807) is 0 Å². The molecule has 2 rings (SSSR count). The third kappa shape index (κ3) is 1.33. The minimum Gasteiger partial charge on any atom is -0.270 e. The second-order valence-corrected chi connectivity index (χ2v) is 3.50. The van der Waals surface area contributed by atoms with Crippen LogP contribution in [0, 0.1) is 17.2 Å². The van der Waals surface area contributed by atoms with E-state index >= 15 is 0 Å². The zero-order valence-electron chi connectivity index (χ0n) is 7.82. The van der Waals surface area contributed by atoms with E-state index in [2.05, 4.69) is 18.1 Å². The summed E-state index contributed by atoms with van der Waals surface area (Å²) in [6.45, 7) is 3.00. The van der Waals surface area contributed by atoms with Gasteiger partial charge in [-0.05, 0) is 25.3 Å². The number of hydrogen-bond donors (Lipinski definition) is 0. The molecule has 1 heterocycles. The van der Waals surface area contributed by atoms with Crippen molar-refractivity contribution in [1.29, 1.82) is 5.26 Å². The molecule has 0 bridgehead atoms. The standard InChI is InChI=1S/C10H13N3/c1-2-13-10-5-8(6-11)3-4-9(10)7-12-13/h7-8H,2-5H2,1H3/t8-/m0/s1. The molecule has 0 spiro atoms. The SMILES string of the molecule is CCn1ncc2c1C[C@@H](C#N)CC2. The highest BCUT2D eigenvalue weighted by molar-refractivity contribution is 5.23. The molecule has 0 saturated heterocycles. The summed E-state index contributed by atoms with van der Waals surface area (Å²) in [4.78, 5) is 0. The van der Waals surface area contributed by atoms with Crippen LogP contribution in [-0.4, -0.2) is 9.78 Å². The summed E-state index contributed by atoms with van der Waals surface area (Å²) < 4.78 is 2.01. The average Bonchev–Trinajstić information content (AvgIpc) is 2.59. The Morgan fingerprint density at radius 3 is 3.31 bits per heavy atom. The van der Waals surface area contributed by atoms with Crippen molar-refractivity contribution in [1.82, 2.24) is 9.78 Å². The molecular formula is C10H13N3. The first-order valence-electron chi connectivity index (χ1n) is 4.78. The number of aromatic nitrogens is 2. The molecule has 0 aliphatic heterocycles. The molecule has 0 aromatic carbocycles. The summed E-state index contributed by atoms with van der Waals surface area (Å²) in [7, 11) is 0. The monoisotopic (exact) mass is 175 g/mol. The molecule has 0 N–H and O–H groups in total. The predicted molar refractivity (Wildman–Crippen MR) is 49.0 cm³/mol. The molecule has 0 unspecified atom stereocenters. The van der Waals surface area contributed by atoms with Crippen molar-refractivity contribution < 1.29 is 0 Å². The quantitative estimate of drug-likeness (QED) is 0.649. The molecule has 0 saturated carbocycles. The zero-order valence-corrected chi connectivity index (χ0v) is 7.82. The first-order chi connectivity index (χ1) is 6.35. The van der Waals surface area contributed by atoms with Gasteiger partial charge in [-0.1, -0.05) is 0 Å². The van der Waals surface area contributed by atoms with Crippen LogP contribution in [0.15, 0.2) is 6.20 Å². The molecule has 0 radical (unpaired) electrons. The van der Waals surface area contributed by atoms with Crippen LogP contribution in [0.25, 0.3) is 0 Å². The van der Waals surface area contributed by atoms with E-state index in [4.69, 9.17) is 5.26 Å². The Labute approximate surface area is 78.0 Å². The van der Waals surface area contributed by atoms with Gasteiger partial charge in [0.15, 0.2) is 0 Å². The van der Waals surface area contributed by atoms with Gasteiger partial charge in [-0.3, -0.25) is 4.68 Å². The number of nitriles is 1. The number of rotatable bonds is 1. The van der Waals surface area contributed by atoms with E-state index in [0.29, 0.717) is 0 Å². The Morgan fingerprint density at radius 2 is 2.62 bits per heavy atom. The Bertz CT molecular complexity index is 332. The van der Waals surface area contributed by atoms with Crippen LogP contribution in [0.5, 0.6) is 0 Å². The first kappa shape index (κ1) is 8.31. The number of fused-ring (bicyclic) bond motifs is 1. The fraction of sp³-hybridized carbons (Fsp3) is 0.600. The highest BCUT2D eigenvalue weighted by atomic mass is 15.3. The molecule has 0 fully saturated rings. The van der Waals surface area contributed by atoms with Crippen molar-refractivity contribution in [3.63, 3.8) is 0 Å². The van der Waals surface area contributed by atoms with Gasteiger partial charge >= 0.3 is 0 Å². The van der Waals surface area contributed by atoms with E-state index in [1.807, 2.05) is 10.9 Å². The Hall–Kier alpha value is -1.30. The van der Waals surface area contributed by atoms with Crippen LogP contribution in [0.1, 0.15) is 24.6 Å². The van der Waals surface area contributed by atoms with Crippen molar-refractivity contribution in [3.8, 4) is 6.07 Å². The van der Waals surface area contributed by atoms with Gasteiger partial charge in [0.25, 0.3) is 0 Å². The molecule has 1 aromatic rings. The lowest BCUT2D eigenvalue weighted by Gasteiger charge is -2.17. The predicted octanol–water partition coefficient (Wildman–Crippen LogP) is 1.53. The van der Waals surface area contributed by atoms with E-state index < -0.39 is 0 Å². The summed E-state index contributed by atoms with van der Waals surface area (Å²) in [6, 6.07) is 2.34. The highest BCUT2D eigenvalue weighted by Crippen LogP contribution is 2.24. The van der Waals surface area contributed by atoms with Crippen LogP contribution in [0.3, 0.4) is 0 Å². The lowest BCUT2D eigenvalue weighted by Crippen LogP contribution is -2.15. The Balaban J connectivity index is 2.31. The molecule has 13 heavy (non-hydrogen) atoms. The molecule has 1 atom stereocenters. The van der Waals surface area contributed by atoms with Gasteiger partial charge in [0.1, 0.15) is 0 Å². The minimum absolute atomic E-state index is 0.203. The topological polar surface area (TPSA) is 41.6 Å². The zero-order chi connectivity index (χ0) is 9.26. The second-order valence-electron chi connectivity index (χ2n) is 3.50. The summed E-state index contributed by atoms with van der Waals surface area (Å²) in [5, 5.41) is 13.1. The third-order valence-electron chi connectivity index (χ3n) is 2.72. The molecule has 1 aromatic heterocycles. The maximum absolute atomic E-state index is 8.84. The van der Waals surface area contributed by atoms with E-state index in [9.17, 15) is 0 Å². The van der Waals surface area contributed by atoms with Crippen molar-refractivity contribution in [3.05, 3.63) is 17.5 Å². The van der Waals surface area contributed by atoms with Crippen molar-refractivity contribution in [2.24, 2.45) is 5.92 Å². The maximum atomic E-state index is 8.84. The van der Waals surface area contributed by atoms with Gasteiger partial charge in [0.2, 0.25) is 0 Å². The third-order valence-corrected chi connectivity index (χ3v) is 2.72. The van der Waals surface area contributed by atoms with Crippen LogP contribution >= 0.6 is 0 Å². The molecule has 68 valence electrons. The lowest BCUT2D eigenvalue weighted by molar-refractivity contribution is 0.518. The van der Waals surface area contributed by atoms with Crippen LogP contribution in [-0.2, 0) is 19.4 Å². The Morgan fingerprint density at radius 1 is 1.77 bits per heavy atom. The molecule has 1 aliphatic rings. The second kappa shape index (κ2) is 3.21. The number of nitrogens with zero attached hydrogens (tertiary/aromatic N) is 3. The highest BCUT2D eigenvalue weighted by Gasteiger charge is 2.21. The minimum atomic E-state index is 0.203. The van der Waals surface area contributed by atoms with Crippen molar-refractivity contribution >= 4 is 0 Å². The number of aryl methyl sites for hydroxylation is 2. The van der Waals surface area contributed by atoms with Crippen LogP contribution < -0.4 is 0 Å².